The maximum atomic E-state index is 6.33. The van der Waals surface area contributed by atoms with Crippen LogP contribution < -0.4 is 4.90 Å². The van der Waals surface area contributed by atoms with Gasteiger partial charge in [0.2, 0.25) is 0 Å². The van der Waals surface area contributed by atoms with Gasteiger partial charge < -0.3 is 9.32 Å². The number of anilines is 3. The lowest BCUT2D eigenvalue weighted by Crippen LogP contribution is -2.10. The van der Waals surface area contributed by atoms with Gasteiger partial charge in [0.25, 0.3) is 0 Å². The molecule has 0 N–H and O–H groups in total. The van der Waals surface area contributed by atoms with Crippen LogP contribution in [0.1, 0.15) is 0 Å². The fourth-order valence-corrected chi connectivity index (χ4v) is 6.77. The summed E-state index contributed by atoms with van der Waals surface area (Å²) in [6, 6.07) is 58.6. The van der Waals surface area contributed by atoms with Gasteiger partial charge in [-0.2, -0.15) is 0 Å². The smallest absolute Gasteiger partial charge is 0.137 e. The number of hydrogen-bond acceptors (Lipinski definition) is 2. The Morgan fingerprint density at radius 1 is 0.364 bits per heavy atom. The maximum absolute atomic E-state index is 6.33. The third-order valence-electron chi connectivity index (χ3n) is 8.83. The topological polar surface area (TPSA) is 16.4 Å². The Bertz CT molecular complexity index is 2500. The van der Waals surface area contributed by atoms with E-state index in [4.69, 9.17) is 4.42 Å². The van der Waals surface area contributed by atoms with Gasteiger partial charge in [0.05, 0.1) is 5.69 Å². The molecule has 8 aromatic carbocycles. The number of benzene rings is 8. The van der Waals surface area contributed by atoms with Crippen molar-refractivity contribution in [1.82, 2.24) is 0 Å². The zero-order valence-electron chi connectivity index (χ0n) is 23.9. The van der Waals surface area contributed by atoms with Crippen molar-refractivity contribution >= 4 is 71.3 Å². The molecule has 0 bridgehead atoms. The molecule has 0 unspecified atom stereocenters. The van der Waals surface area contributed by atoms with Crippen molar-refractivity contribution in [2.45, 2.75) is 0 Å². The van der Waals surface area contributed by atoms with Crippen molar-refractivity contribution in [2.75, 3.05) is 4.90 Å². The number of para-hydroxylation sites is 1. The largest absolute Gasteiger partial charge is 0.456 e. The Hall–Kier alpha value is -5.86. The molecule has 0 spiro atoms. The highest BCUT2D eigenvalue weighted by Gasteiger charge is 2.18. The summed E-state index contributed by atoms with van der Waals surface area (Å²) in [5.41, 5.74) is 7.49. The molecule has 9 rings (SSSR count). The standard InChI is InChI=1S/C42H27NO/c1-4-14-34-28(10-1)12-9-18-40(34)43(32-24-25-38-37-17-7-8-19-41(37)44-42(38)27-32)31-22-20-29(21-23-31)39-26-30-11-2-3-13-33(30)35-15-5-6-16-36(35)39/h1-27H. The van der Waals surface area contributed by atoms with Crippen LogP contribution in [-0.4, -0.2) is 0 Å². The minimum Gasteiger partial charge on any atom is -0.456 e. The lowest BCUT2D eigenvalue weighted by molar-refractivity contribution is 0.669. The zero-order chi connectivity index (χ0) is 29.0. The number of hydrogen-bond donors (Lipinski definition) is 0. The molecule has 0 radical (unpaired) electrons. The average Bonchev–Trinajstić information content (AvgIpc) is 3.46. The van der Waals surface area contributed by atoms with E-state index in [2.05, 4.69) is 157 Å². The molecule has 0 saturated carbocycles. The van der Waals surface area contributed by atoms with E-state index in [1.807, 2.05) is 12.1 Å². The second-order valence-corrected chi connectivity index (χ2v) is 11.4. The van der Waals surface area contributed by atoms with Gasteiger partial charge in [-0.05, 0) is 80.5 Å². The van der Waals surface area contributed by atoms with E-state index < -0.39 is 0 Å². The molecule has 0 fully saturated rings. The molecule has 9 aromatic rings. The molecule has 2 nitrogen and oxygen atoms in total. The van der Waals surface area contributed by atoms with E-state index in [-0.39, 0.29) is 0 Å². The van der Waals surface area contributed by atoms with Gasteiger partial charge in [-0.3, -0.25) is 0 Å². The number of rotatable bonds is 4. The molecule has 44 heavy (non-hydrogen) atoms. The van der Waals surface area contributed by atoms with Crippen LogP contribution in [0.25, 0.3) is 65.4 Å². The molecule has 0 aliphatic carbocycles. The predicted molar refractivity (Wildman–Crippen MR) is 186 cm³/mol. The van der Waals surface area contributed by atoms with Crippen molar-refractivity contribution in [3.63, 3.8) is 0 Å². The summed E-state index contributed by atoms with van der Waals surface area (Å²) in [5.74, 6) is 0. The van der Waals surface area contributed by atoms with E-state index in [1.54, 1.807) is 0 Å². The molecule has 0 atom stereocenters. The van der Waals surface area contributed by atoms with Crippen molar-refractivity contribution in [3.8, 4) is 11.1 Å². The van der Waals surface area contributed by atoms with Crippen LogP contribution in [-0.2, 0) is 0 Å². The fourth-order valence-electron chi connectivity index (χ4n) is 6.77. The lowest BCUT2D eigenvalue weighted by atomic mass is 9.93. The second-order valence-electron chi connectivity index (χ2n) is 11.4. The van der Waals surface area contributed by atoms with Crippen LogP contribution in [0, 0.1) is 0 Å². The first-order valence-corrected chi connectivity index (χ1v) is 15.0. The highest BCUT2D eigenvalue weighted by Crippen LogP contribution is 2.42. The van der Waals surface area contributed by atoms with Gasteiger partial charge in [-0.15, -0.1) is 0 Å². The van der Waals surface area contributed by atoms with E-state index >= 15 is 0 Å². The molecule has 206 valence electrons. The third-order valence-corrected chi connectivity index (χ3v) is 8.83. The highest BCUT2D eigenvalue weighted by atomic mass is 16.3. The SMILES string of the molecule is c1ccc2c(N(c3ccc(-c4cc5ccccc5c5ccccc45)cc3)c3ccc4c(c3)oc3ccccc34)cccc2c1. The van der Waals surface area contributed by atoms with Crippen LogP contribution in [0.3, 0.4) is 0 Å². The Balaban J connectivity index is 1.23. The molecule has 2 heteroatoms. The van der Waals surface area contributed by atoms with Gasteiger partial charge in [0.1, 0.15) is 11.2 Å². The third kappa shape index (κ3) is 3.89. The van der Waals surface area contributed by atoms with Crippen LogP contribution in [0.4, 0.5) is 17.1 Å². The van der Waals surface area contributed by atoms with Gasteiger partial charge >= 0.3 is 0 Å². The molecule has 0 amide bonds. The van der Waals surface area contributed by atoms with Crippen molar-refractivity contribution in [2.24, 2.45) is 0 Å². The molecular weight excluding hydrogens is 534 g/mol. The van der Waals surface area contributed by atoms with Gasteiger partial charge in [0, 0.05) is 33.6 Å². The summed E-state index contributed by atoms with van der Waals surface area (Å²) in [6.07, 6.45) is 0. The molecular formula is C42H27NO. The first-order valence-electron chi connectivity index (χ1n) is 15.0. The molecule has 0 saturated heterocycles. The van der Waals surface area contributed by atoms with E-state index in [1.165, 1.54) is 43.4 Å². The first kappa shape index (κ1) is 24.7. The monoisotopic (exact) mass is 561 g/mol. The summed E-state index contributed by atoms with van der Waals surface area (Å²) in [6.45, 7) is 0. The summed E-state index contributed by atoms with van der Waals surface area (Å²) in [4.78, 5) is 2.34. The Morgan fingerprint density at radius 2 is 0.977 bits per heavy atom. The normalized spacial score (nSPS) is 11.6. The van der Waals surface area contributed by atoms with Crippen LogP contribution in [0.5, 0.6) is 0 Å². The van der Waals surface area contributed by atoms with Crippen LogP contribution in [0.15, 0.2) is 168 Å². The lowest BCUT2D eigenvalue weighted by Gasteiger charge is -2.27. The molecule has 0 aliphatic heterocycles. The van der Waals surface area contributed by atoms with Gasteiger partial charge in [0.15, 0.2) is 0 Å². The maximum Gasteiger partial charge on any atom is 0.137 e. The molecule has 0 aliphatic rings. The van der Waals surface area contributed by atoms with Gasteiger partial charge in [-0.1, -0.05) is 115 Å². The van der Waals surface area contributed by atoms with E-state index in [0.29, 0.717) is 0 Å². The van der Waals surface area contributed by atoms with E-state index in [9.17, 15) is 0 Å². The number of fused-ring (bicyclic) bond motifs is 7. The Kier molecular flexibility index (Phi) is 5.54. The van der Waals surface area contributed by atoms with Crippen molar-refractivity contribution in [1.29, 1.82) is 0 Å². The van der Waals surface area contributed by atoms with E-state index in [0.717, 1.165) is 39.0 Å². The van der Waals surface area contributed by atoms with Crippen LogP contribution in [0.2, 0.25) is 0 Å². The Labute approximate surface area is 255 Å². The average molecular weight is 562 g/mol. The summed E-state index contributed by atoms with van der Waals surface area (Å²) in [7, 11) is 0. The first-order chi connectivity index (χ1) is 21.8. The minimum atomic E-state index is 0.883. The molecule has 1 aromatic heterocycles. The van der Waals surface area contributed by atoms with Crippen molar-refractivity contribution in [3.05, 3.63) is 164 Å². The minimum absolute atomic E-state index is 0.883. The predicted octanol–water partition coefficient (Wildman–Crippen LogP) is 12.2. The summed E-state index contributed by atoms with van der Waals surface area (Å²) in [5, 5.41) is 9.75. The zero-order valence-corrected chi connectivity index (χ0v) is 23.9. The fraction of sp³-hybridized carbons (Fsp3) is 0. The van der Waals surface area contributed by atoms with Crippen molar-refractivity contribution < 1.29 is 4.42 Å². The summed E-state index contributed by atoms with van der Waals surface area (Å²) >= 11 is 0. The number of nitrogens with zero attached hydrogens (tertiary/aromatic N) is 1. The number of furan rings is 1. The molecule has 1 heterocycles. The Morgan fingerprint density at radius 3 is 1.82 bits per heavy atom. The summed E-state index contributed by atoms with van der Waals surface area (Å²) < 4.78 is 6.33. The highest BCUT2D eigenvalue weighted by molar-refractivity contribution is 6.14. The second kappa shape index (κ2) is 9.86. The van der Waals surface area contributed by atoms with Gasteiger partial charge in [-0.25, -0.2) is 0 Å². The van der Waals surface area contributed by atoms with Crippen LogP contribution >= 0.6 is 0 Å². The quantitative estimate of drug-likeness (QED) is 0.199.